The summed E-state index contributed by atoms with van der Waals surface area (Å²) >= 11 is 0. The number of carbonyl (C=O) groups is 1. The Balaban J connectivity index is 2.05. The van der Waals surface area contributed by atoms with Gasteiger partial charge in [0.05, 0.1) is 5.54 Å². The van der Waals surface area contributed by atoms with E-state index in [2.05, 4.69) is 5.32 Å². The molecule has 14 heavy (non-hydrogen) atoms. The van der Waals surface area contributed by atoms with Crippen molar-refractivity contribution in [2.75, 3.05) is 20.1 Å². The zero-order valence-corrected chi connectivity index (χ0v) is 9.01. The molecule has 0 radical (unpaired) electrons. The van der Waals surface area contributed by atoms with Crippen molar-refractivity contribution in [2.45, 2.75) is 44.1 Å². The van der Waals surface area contributed by atoms with Gasteiger partial charge >= 0.3 is 0 Å². The Morgan fingerprint density at radius 1 is 1.14 bits per heavy atom. The first kappa shape index (κ1) is 9.97. The van der Waals surface area contributed by atoms with Crippen LogP contribution in [0, 0.1) is 0 Å². The first-order chi connectivity index (χ1) is 6.78. The predicted octanol–water partition coefficient (Wildman–Crippen LogP) is 1.14. The summed E-state index contributed by atoms with van der Waals surface area (Å²) in [4.78, 5) is 14.2. The van der Waals surface area contributed by atoms with E-state index in [4.69, 9.17) is 0 Å². The van der Waals surface area contributed by atoms with Gasteiger partial charge in [0.2, 0.25) is 5.91 Å². The molecule has 1 saturated heterocycles. The number of nitrogens with zero attached hydrogens (tertiary/aromatic N) is 1. The SMILES string of the molecule is CNC1(C(=O)N2CCC2)CCCCC1. The lowest BCUT2D eigenvalue weighted by atomic mass is 9.80. The summed E-state index contributed by atoms with van der Waals surface area (Å²) in [5.74, 6) is 0.353. The quantitative estimate of drug-likeness (QED) is 0.718. The minimum Gasteiger partial charge on any atom is -0.341 e. The number of carbonyl (C=O) groups excluding carboxylic acids is 1. The van der Waals surface area contributed by atoms with E-state index in [0.29, 0.717) is 5.91 Å². The zero-order valence-electron chi connectivity index (χ0n) is 9.01. The van der Waals surface area contributed by atoms with E-state index in [9.17, 15) is 4.79 Å². The molecule has 0 aromatic rings. The van der Waals surface area contributed by atoms with Gasteiger partial charge in [-0.3, -0.25) is 4.79 Å². The Morgan fingerprint density at radius 3 is 2.21 bits per heavy atom. The Labute approximate surface area is 85.8 Å². The highest BCUT2D eigenvalue weighted by molar-refractivity contribution is 5.87. The van der Waals surface area contributed by atoms with Gasteiger partial charge < -0.3 is 10.2 Å². The van der Waals surface area contributed by atoms with E-state index in [0.717, 1.165) is 25.9 Å². The second-order valence-electron chi connectivity index (χ2n) is 4.54. The van der Waals surface area contributed by atoms with Crippen molar-refractivity contribution < 1.29 is 4.79 Å². The van der Waals surface area contributed by atoms with Crippen LogP contribution in [-0.2, 0) is 4.79 Å². The minimum absolute atomic E-state index is 0.210. The lowest BCUT2D eigenvalue weighted by molar-refractivity contribution is -0.143. The maximum atomic E-state index is 12.2. The highest BCUT2D eigenvalue weighted by Gasteiger charge is 2.41. The van der Waals surface area contributed by atoms with E-state index in [1.165, 1.54) is 25.7 Å². The third-order valence-electron chi connectivity index (χ3n) is 3.74. The minimum atomic E-state index is -0.210. The second-order valence-corrected chi connectivity index (χ2v) is 4.54. The number of nitrogens with one attached hydrogen (secondary N) is 1. The molecule has 0 atom stereocenters. The summed E-state index contributed by atoms with van der Waals surface area (Å²) in [5, 5.41) is 3.28. The lowest BCUT2D eigenvalue weighted by Crippen LogP contribution is -2.60. The molecule has 2 fully saturated rings. The molecule has 80 valence electrons. The monoisotopic (exact) mass is 196 g/mol. The van der Waals surface area contributed by atoms with Crippen LogP contribution in [0.1, 0.15) is 38.5 Å². The zero-order chi connectivity index (χ0) is 10.0. The second kappa shape index (κ2) is 3.89. The fourth-order valence-electron chi connectivity index (χ4n) is 2.55. The number of hydrogen-bond donors (Lipinski definition) is 1. The van der Waals surface area contributed by atoms with E-state index in [1.807, 2.05) is 11.9 Å². The van der Waals surface area contributed by atoms with Crippen LogP contribution in [0.4, 0.5) is 0 Å². The molecule has 3 heteroatoms. The van der Waals surface area contributed by atoms with Crippen LogP contribution in [0.15, 0.2) is 0 Å². The number of amides is 1. The van der Waals surface area contributed by atoms with E-state index < -0.39 is 0 Å². The van der Waals surface area contributed by atoms with Crippen molar-refractivity contribution >= 4 is 5.91 Å². The smallest absolute Gasteiger partial charge is 0.242 e. The Bertz CT molecular complexity index is 217. The summed E-state index contributed by atoms with van der Waals surface area (Å²) in [6.07, 6.45) is 6.92. The van der Waals surface area contributed by atoms with Crippen LogP contribution in [0.2, 0.25) is 0 Å². The largest absolute Gasteiger partial charge is 0.341 e. The van der Waals surface area contributed by atoms with Gasteiger partial charge in [-0.15, -0.1) is 0 Å². The first-order valence-electron chi connectivity index (χ1n) is 5.77. The molecule has 1 aliphatic heterocycles. The van der Waals surface area contributed by atoms with Crippen molar-refractivity contribution in [3.63, 3.8) is 0 Å². The van der Waals surface area contributed by atoms with Crippen LogP contribution in [0.25, 0.3) is 0 Å². The van der Waals surface area contributed by atoms with Crippen LogP contribution < -0.4 is 5.32 Å². The molecule has 1 aliphatic carbocycles. The molecule has 1 amide bonds. The molecule has 0 aromatic heterocycles. The molecule has 1 saturated carbocycles. The highest BCUT2D eigenvalue weighted by atomic mass is 16.2. The van der Waals surface area contributed by atoms with Gasteiger partial charge in [0.15, 0.2) is 0 Å². The third kappa shape index (κ3) is 1.54. The summed E-state index contributed by atoms with van der Waals surface area (Å²) in [5.41, 5.74) is -0.210. The number of likely N-dealkylation sites (N-methyl/N-ethyl adjacent to an activating group) is 1. The van der Waals surface area contributed by atoms with Crippen LogP contribution in [-0.4, -0.2) is 36.5 Å². The van der Waals surface area contributed by atoms with Crippen molar-refractivity contribution in [1.82, 2.24) is 10.2 Å². The van der Waals surface area contributed by atoms with Gasteiger partial charge in [0.25, 0.3) is 0 Å². The molecule has 2 aliphatic rings. The fraction of sp³-hybridized carbons (Fsp3) is 0.909. The predicted molar refractivity (Wildman–Crippen MR) is 56.1 cm³/mol. The summed E-state index contributed by atoms with van der Waals surface area (Å²) in [6, 6.07) is 0. The van der Waals surface area contributed by atoms with Gasteiger partial charge in [-0.25, -0.2) is 0 Å². The third-order valence-corrected chi connectivity index (χ3v) is 3.74. The molecule has 2 rings (SSSR count). The number of rotatable bonds is 2. The topological polar surface area (TPSA) is 32.3 Å². The van der Waals surface area contributed by atoms with Gasteiger partial charge in [-0.05, 0) is 26.3 Å². The van der Waals surface area contributed by atoms with Gasteiger partial charge in [-0.1, -0.05) is 19.3 Å². The van der Waals surface area contributed by atoms with E-state index in [-0.39, 0.29) is 5.54 Å². The van der Waals surface area contributed by atoms with Crippen LogP contribution in [0.3, 0.4) is 0 Å². The van der Waals surface area contributed by atoms with Crippen molar-refractivity contribution in [3.05, 3.63) is 0 Å². The molecule has 0 spiro atoms. The average Bonchev–Trinajstić information content (AvgIpc) is 2.16. The van der Waals surface area contributed by atoms with Crippen LogP contribution in [0.5, 0.6) is 0 Å². The summed E-state index contributed by atoms with van der Waals surface area (Å²) in [7, 11) is 1.93. The molecule has 1 N–H and O–H groups in total. The lowest BCUT2D eigenvalue weighted by Gasteiger charge is -2.43. The molecule has 0 bridgehead atoms. The van der Waals surface area contributed by atoms with Crippen molar-refractivity contribution in [1.29, 1.82) is 0 Å². The van der Waals surface area contributed by atoms with E-state index in [1.54, 1.807) is 0 Å². The van der Waals surface area contributed by atoms with Gasteiger partial charge in [0.1, 0.15) is 0 Å². The first-order valence-corrected chi connectivity index (χ1v) is 5.77. The van der Waals surface area contributed by atoms with Crippen molar-refractivity contribution in [3.8, 4) is 0 Å². The summed E-state index contributed by atoms with van der Waals surface area (Å²) in [6.45, 7) is 1.95. The van der Waals surface area contributed by atoms with Gasteiger partial charge in [0, 0.05) is 13.1 Å². The molecule has 0 aromatic carbocycles. The maximum absolute atomic E-state index is 12.2. The van der Waals surface area contributed by atoms with Gasteiger partial charge in [-0.2, -0.15) is 0 Å². The molecular formula is C11H20N2O. The fourth-order valence-corrected chi connectivity index (χ4v) is 2.55. The molecular weight excluding hydrogens is 176 g/mol. The molecule has 1 heterocycles. The Hall–Kier alpha value is -0.570. The maximum Gasteiger partial charge on any atom is 0.242 e. The highest BCUT2D eigenvalue weighted by Crippen LogP contribution is 2.30. The van der Waals surface area contributed by atoms with Crippen LogP contribution >= 0.6 is 0 Å². The number of likely N-dealkylation sites (tertiary alicyclic amines) is 1. The average molecular weight is 196 g/mol. The van der Waals surface area contributed by atoms with E-state index >= 15 is 0 Å². The normalized spacial score (nSPS) is 25.6. The van der Waals surface area contributed by atoms with Crippen molar-refractivity contribution in [2.24, 2.45) is 0 Å². The summed E-state index contributed by atoms with van der Waals surface area (Å²) < 4.78 is 0. The standard InChI is InChI=1S/C11H20N2O/c1-12-11(6-3-2-4-7-11)10(14)13-8-5-9-13/h12H,2-9H2,1H3. The number of hydrogen-bond acceptors (Lipinski definition) is 2. The Kier molecular flexibility index (Phi) is 2.77. The Morgan fingerprint density at radius 2 is 1.79 bits per heavy atom. The molecule has 0 unspecified atom stereocenters. The molecule has 3 nitrogen and oxygen atoms in total.